The van der Waals surface area contributed by atoms with E-state index in [1.54, 1.807) is 25.3 Å². The van der Waals surface area contributed by atoms with Crippen molar-refractivity contribution in [3.8, 4) is 0 Å². The van der Waals surface area contributed by atoms with Crippen molar-refractivity contribution in [2.24, 2.45) is 11.8 Å². The molecule has 6 nitrogen and oxygen atoms in total. The van der Waals surface area contributed by atoms with Crippen LogP contribution in [0.1, 0.15) is 49.9 Å². The van der Waals surface area contributed by atoms with Crippen molar-refractivity contribution in [1.82, 2.24) is 0 Å². The fourth-order valence-corrected chi connectivity index (χ4v) is 3.57. The Labute approximate surface area is 138 Å². The van der Waals surface area contributed by atoms with Crippen molar-refractivity contribution in [3.63, 3.8) is 0 Å². The Morgan fingerprint density at radius 1 is 1.26 bits per heavy atom. The van der Waals surface area contributed by atoms with E-state index in [9.17, 15) is 19.5 Å². The van der Waals surface area contributed by atoms with Crippen molar-refractivity contribution < 1.29 is 24.2 Å². The van der Waals surface area contributed by atoms with Gasteiger partial charge >= 0.3 is 11.9 Å². The van der Waals surface area contributed by atoms with E-state index in [0.717, 1.165) is 12.8 Å². The standard InChI is InChI=1S/C16H21NO5S/c1-9(2)22-16(21)12-7-8-23-14(12)17-13(18)10-5-3-4-6-11(10)15(19)20/h7-11H,3-6H2,1-2H3,(H,17,18)(H,19,20). The molecule has 0 aliphatic heterocycles. The normalized spacial score (nSPS) is 21.0. The largest absolute Gasteiger partial charge is 0.481 e. The number of esters is 1. The van der Waals surface area contributed by atoms with Gasteiger partial charge in [-0.05, 0) is 38.1 Å². The summed E-state index contributed by atoms with van der Waals surface area (Å²) in [5, 5.41) is 14.1. The molecule has 2 rings (SSSR count). The van der Waals surface area contributed by atoms with E-state index in [2.05, 4.69) is 5.32 Å². The van der Waals surface area contributed by atoms with Crippen LogP contribution in [0.2, 0.25) is 0 Å². The summed E-state index contributed by atoms with van der Waals surface area (Å²) in [5.41, 5.74) is 0.305. The second-order valence-corrected chi connectivity index (χ2v) is 6.86. The van der Waals surface area contributed by atoms with Crippen LogP contribution in [0.25, 0.3) is 0 Å². The average Bonchev–Trinajstić information content (AvgIpc) is 2.94. The molecule has 0 aromatic carbocycles. The second kappa shape index (κ2) is 7.59. The quantitative estimate of drug-likeness (QED) is 0.804. The molecule has 1 aliphatic rings. The lowest BCUT2D eigenvalue weighted by atomic mass is 9.79. The molecule has 1 aliphatic carbocycles. The maximum atomic E-state index is 12.5. The molecule has 23 heavy (non-hydrogen) atoms. The molecule has 0 bridgehead atoms. The smallest absolute Gasteiger partial charge is 0.341 e. The average molecular weight is 339 g/mol. The summed E-state index contributed by atoms with van der Waals surface area (Å²) < 4.78 is 5.14. The first-order valence-electron chi connectivity index (χ1n) is 7.72. The Hall–Kier alpha value is -1.89. The number of carboxylic acid groups (broad SMARTS) is 1. The van der Waals surface area contributed by atoms with Crippen molar-refractivity contribution >= 4 is 34.2 Å². The van der Waals surface area contributed by atoms with Crippen LogP contribution in [0.5, 0.6) is 0 Å². The van der Waals surface area contributed by atoms with Gasteiger partial charge in [0.25, 0.3) is 0 Å². The monoisotopic (exact) mass is 339 g/mol. The minimum Gasteiger partial charge on any atom is -0.481 e. The minimum absolute atomic E-state index is 0.249. The summed E-state index contributed by atoms with van der Waals surface area (Å²) in [6.45, 7) is 3.50. The van der Waals surface area contributed by atoms with Crippen molar-refractivity contribution in [2.75, 3.05) is 5.32 Å². The summed E-state index contributed by atoms with van der Waals surface area (Å²) in [6, 6.07) is 1.60. The number of amides is 1. The van der Waals surface area contributed by atoms with E-state index < -0.39 is 23.8 Å². The Morgan fingerprint density at radius 2 is 1.91 bits per heavy atom. The van der Waals surface area contributed by atoms with E-state index in [1.807, 2.05) is 0 Å². The molecule has 1 aromatic heterocycles. The van der Waals surface area contributed by atoms with Crippen molar-refractivity contribution in [2.45, 2.75) is 45.6 Å². The molecule has 1 saturated carbocycles. The molecular formula is C16H21NO5S. The minimum atomic E-state index is -0.935. The molecule has 2 atom stereocenters. The lowest BCUT2D eigenvalue weighted by Crippen LogP contribution is -2.36. The summed E-state index contributed by atoms with van der Waals surface area (Å²) in [6.07, 6.45) is 2.49. The molecule has 1 amide bonds. The van der Waals surface area contributed by atoms with Gasteiger partial charge in [0.05, 0.1) is 23.5 Å². The highest BCUT2D eigenvalue weighted by Gasteiger charge is 2.36. The SMILES string of the molecule is CC(C)OC(=O)c1ccsc1NC(=O)C1CCCCC1C(=O)O. The van der Waals surface area contributed by atoms with Gasteiger partial charge in [-0.1, -0.05) is 12.8 Å². The Bertz CT molecular complexity index is 595. The number of rotatable bonds is 5. The molecule has 0 spiro atoms. The van der Waals surface area contributed by atoms with Crippen molar-refractivity contribution in [1.29, 1.82) is 0 Å². The zero-order valence-corrected chi connectivity index (χ0v) is 14.0. The van der Waals surface area contributed by atoms with Gasteiger partial charge < -0.3 is 15.2 Å². The topological polar surface area (TPSA) is 92.7 Å². The Kier molecular flexibility index (Phi) is 5.76. The highest BCUT2D eigenvalue weighted by molar-refractivity contribution is 7.14. The third-order valence-corrected chi connectivity index (χ3v) is 4.71. The summed E-state index contributed by atoms with van der Waals surface area (Å²) in [4.78, 5) is 35.8. The first-order valence-corrected chi connectivity index (χ1v) is 8.60. The fraction of sp³-hybridized carbons (Fsp3) is 0.562. The molecule has 0 saturated heterocycles. The van der Waals surface area contributed by atoms with Crippen LogP contribution in [-0.2, 0) is 14.3 Å². The van der Waals surface area contributed by atoms with Gasteiger partial charge in [-0.2, -0.15) is 0 Å². The zero-order valence-electron chi connectivity index (χ0n) is 13.2. The number of hydrogen-bond acceptors (Lipinski definition) is 5. The number of carboxylic acids is 1. The number of carbonyl (C=O) groups is 3. The van der Waals surface area contributed by atoms with Crippen LogP contribution in [0, 0.1) is 11.8 Å². The van der Waals surface area contributed by atoms with Crippen molar-refractivity contribution in [3.05, 3.63) is 17.0 Å². The summed E-state index contributed by atoms with van der Waals surface area (Å²) >= 11 is 1.23. The van der Waals surface area contributed by atoms with Crippen LogP contribution < -0.4 is 5.32 Å². The van der Waals surface area contributed by atoms with E-state index in [4.69, 9.17) is 4.74 Å². The predicted molar refractivity (Wildman–Crippen MR) is 86.6 cm³/mol. The third kappa shape index (κ3) is 4.31. The number of nitrogens with one attached hydrogen (secondary N) is 1. The number of carbonyl (C=O) groups excluding carboxylic acids is 2. The van der Waals surface area contributed by atoms with E-state index in [-0.39, 0.29) is 12.0 Å². The van der Waals surface area contributed by atoms with Gasteiger partial charge in [0.1, 0.15) is 5.00 Å². The molecule has 1 fully saturated rings. The molecule has 0 radical (unpaired) electrons. The number of anilines is 1. The van der Waals surface area contributed by atoms with Crippen LogP contribution in [-0.4, -0.2) is 29.1 Å². The zero-order chi connectivity index (χ0) is 17.0. The number of aliphatic carboxylic acids is 1. The van der Waals surface area contributed by atoms with Gasteiger partial charge in [0.15, 0.2) is 0 Å². The van der Waals surface area contributed by atoms with Gasteiger partial charge in [-0.15, -0.1) is 11.3 Å². The Morgan fingerprint density at radius 3 is 2.52 bits per heavy atom. The molecule has 2 N–H and O–H groups in total. The molecule has 7 heteroatoms. The van der Waals surface area contributed by atoms with E-state index >= 15 is 0 Å². The van der Waals surface area contributed by atoms with Crippen LogP contribution in [0.4, 0.5) is 5.00 Å². The summed E-state index contributed by atoms with van der Waals surface area (Å²) in [7, 11) is 0. The van der Waals surface area contributed by atoms with Gasteiger partial charge in [0, 0.05) is 0 Å². The molecule has 1 heterocycles. The first kappa shape index (κ1) is 17.5. The van der Waals surface area contributed by atoms with Crippen LogP contribution >= 0.6 is 11.3 Å². The van der Waals surface area contributed by atoms with Gasteiger partial charge in [-0.3, -0.25) is 9.59 Å². The number of thiophene rings is 1. The van der Waals surface area contributed by atoms with Gasteiger partial charge in [-0.25, -0.2) is 4.79 Å². The van der Waals surface area contributed by atoms with Gasteiger partial charge in [0.2, 0.25) is 5.91 Å². The lowest BCUT2D eigenvalue weighted by Gasteiger charge is -2.27. The van der Waals surface area contributed by atoms with E-state index in [1.165, 1.54) is 11.3 Å². The number of hydrogen-bond donors (Lipinski definition) is 2. The number of ether oxygens (including phenoxy) is 1. The van der Waals surface area contributed by atoms with Crippen LogP contribution in [0.3, 0.4) is 0 Å². The fourth-order valence-electron chi connectivity index (χ4n) is 2.79. The molecular weight excluding hydrogens is 318 g/mol. The molecule has 126 valence electrons. The molecule has 2 unspecified atom stereocenters. The van der Waals surface area contributed by atoms with Crippen LogP contribution in [0.15, 0.2) is 11.4 Å². The second-order valence-electron chi connectivity index (χ2n) is 5.94. The maximum absolute atomic E-state index is 12.5. The van der Waals surface area contributed by atoms with E-state index in [0.29, 0.717) is 23.4 Å². The lowest BCUT2D eigenvalue weighted by molar-refractivity contribution is -0.147. The molecule has 1 aromatic rings. The highest BCUT2D eigenvalue weighted by Crippen LogP contribution is 2.32. The maximum Gasteiger partial charge on any atom is 0.341 e. The highest BCUT2D eigenvalue weighted by atomic mass is 32.1. The third-order valence-electron chi connectivity index (χ3n) is 3.88. The Balaban J connectivity index is 2.10. The first-order chi connectivity index (χ1) is 10.9. The summed E-state index contributed by atoms with van der Waals surface area (Å²) in [5.74, 6) is -2.98. The predicted octanol–water partition coefficient (Wildman–Crippen LogP) is 3.14.